The number of piperazine rings is 1. The number of hydrogen-bond donors (Lipinski definition) is 0. The van der Waals surface area contributed by atoms with E-state index in [1.54, 1.807) is 17.0 Å². The molecule has 8 heteroatoms. The minimum absolute atomic E-state index is 0.00708. The van der Waals surface area contributed by atoms with Gasteiger partial charge in [-0.05, 0) is 42.5 Å². The Kier molecular flexibility index (Phi) is 5.89. The van der Waals surface area contributed by atoms with Gasteiger partial charge in [-0.3, -0.25) is 4.79 Å². The lowest BCUT2D eigenvalue weighted by Crippen LogP contribution is -2.51. The van der Waals surface area contributed by atoms with E-state index < -0.39 is 10.0 Å². The first kappa shape index (κ1) is 20.7. The highest BCUT2D eigenvalue weighted by Gasteiger charge is 2.35. The molecule has 1 unspecified atom stereocenters. The van der Waals surface area contributed by atoms with Crippen molar-refractivity contribution < 1.29 is 13.2 Å². The molecule has 2 aliphatic rings. The van der Waals surface area contributed by atoms with Crippen LogP contribution in [0.5, 0.6) is 0 Å². The van der Waals surface area contributed by atoms with Gasteiger partial charge in [0.2, 0.25) is 15.9 Å². The van der Waals surface area contributed by atoms with Gasteiger partial charge in [-0.15, -0.1) is 0 Å². The lowest BCUT2D eigenvalue weighted by molar-refractivity contribution is -0.134. The molecule has 5 nitrogen and oxygen atoms in total. The van der Waals surface area contributed by atoms with Crippen LogP contribution in [-0.2, 0) is 21.2 Å². The molecular weight excluding hydrogens is 431 g/mol. The van der Waals surface area contributed by atoms with E-state index in [1.165, 1.54) is 15.9 Å². The quantitative estimate of drug-likeness (QED) is 0.708. The summed E-state index contributed by atoms with van der Waals surface area (Å²) in [5.74, 6) is -0.0412. The molecule has 1 fully saturated rings. The molecule has 1 amide bonds. The van der Waals surface area contributed by atoms with Crippen molar-refractivity contribution in [1.29, 1.82) is 0 Å². The van der Waals surface area contributed by atoms with Crippen LogP contribution in [0.2, 0.25) is 10.0 Å². The second-order valence-electron chi connectivity index (χ2n) is 7.42. The fraction of sp³-hybridized carbons (Fsp3) is 0.381. The minimum Gasteiger partial charge on any atom is -0.340 e. The molecule has 29 heavy (non-hydrogen) atoms. The molecule has 2 aromatic carbocycles. The Bertz CT molecular complexity index is 1030. The maximum absolute atomic E-state index is 13.2. The molecule has 0 radical (unpaired) electrons. The maximum Gasteiger partial charge on any atom is 0.244 e. The van der Waals surface area contributed by atoms with Crippen LogP contribution in [0, 0.1) is 0 Å². The van der Waals surface area contributed by atoms with Crippen LogP contribution < -0.4 is 0 Å². The second-order valence-corrected chi connectivity index (χ2v) is 10.1. The number of fused-ring (bicyclic) bond motifs is 1. The van der Waals surface area contributed by atoms with Crippen LogP contribution in [0.4, 0.5) is 0 Å². The number of nitrogens with zero attached hydrogens (tertiary/aromatic N) is 2. The van der Waals surface area contributed by atoms with Crippen LogP contribution in [-0.4, -0.2) is 49.7 Å². The predicted molar refractivity (Wildman–Crippen MR) is 114 cm³/mol. The number of halogens is 2. The van der Waals surface area contributed by atoms with Crippen LogP contribution >= 0.6 is 23.2 Å². The topological polar surface area (TPSA) is 57.7 Å². The first-order chi connectivity index (χ1) is 13.9. The number of carbonyl (C=O) groups is 1. The van der Waals surface area contributed by atoms with Crippen LogP contribution in [0.1, 0.15) is 29.9 Å². The number of amides is 1. The molecule has 1 saturated heterocycles. The molecule has 1 heterocycles. The fourth-order valence-electron chi connectivity index (χ4n) is 4.20. The van der Waals surface area contributed by atoms with E-state index in [9.17, 15) is 13.2 Å². The molecule has 1 aliphatic carbocycles. The number of sulfonamides is 1. The highest BCUT2D eigenvalue weighted by molar-refractivity contribution is 7.89. The van der Waals surface area contributed by atoms with Crippen molar-refractivity contribution in [3.05, 3.63) is 63.6 Å². The third-order valence-electron chi connectivity index (χ3n) is 5.75. The lowest BCUT2D eigenvalue weighted by Gasteiger charge is -2.37. The van der Waals surface area contributed by atoms with E-state index >= 15 is 0 Å². The summed E-state index contributed by atoms with van der Waals surface area (Å²) >= 11 is 12.1. The van der Waals surface area contributed by atoms with E-state index in [0.717, 1.165) is 24.8 Å². The molecule has 4 rings (SSSR count). The minimum atomic E-state index is -3.76. The molecule has 0 spiro atoms. The third-order valence-corrected chi connectivity index (χ3v) is 8.62. The monoisotopic (exact) mass is 452 g/mol. The Labute approximate surface area is 181 Å². The molecule has 1 atom stereocenters. The molecule has 0 aromatic heterocycles. The molecule has 154 valence electrons. The molecule has 0 saturated carbocycles. The van der Waals surface area contributed by atoms with Gasteiger partial charge in [0.15, 0.2) is 0 Å². The van der Waals surface area contributed by atoms with Crippen molar-refractivity contribution in [3.8, 4) is 0 Å². The zero-order valence-electron chi connectivity index (χ0n) is 15.9. The average molecular weight is 453 g/mol. The largest absolute Gasteiger partial charge is 0.340 e. The summed E-state index contributed by atoms with van der Waals surface area (Å²) in [5, 5.41) is 0.240. The Hall–Kier alpha value is -1.60. The lowest BCUT2D eigenvalue weighted by atomic mass is 9.82. The summed E-state index contributed by atoms with van der Waals surface area (Å²) in [7, 11) is -3.76. The van der Waals surface area contributed by atoms with E-state index in [4.69, 9.17) is 23.2 Å². The Balaban J connectivity index is 1.47. The number of hydrogen-bond acceptors (Lipinski definition) is 3. The standard InChI is InChI=1S/C21H22Cl2N2O3S/c22-18-9-4-10-19(20(18)23)29(27,28)25-13-11-24(12-14-25)21(26)17-8-3-6-15-5-1-2-7-16(15)17/h1-2,4-5,7,9-10,17H,3,6,8,11-14H2. The van der Waals surface area contributed by atoms with E-state index in [2.05, 4.69) is 6.07 Å². The van der Waals surface area contributed by atoms with Crippen molar-refractivity contribution >= 4 is 39.1 Å². The highest BCUT2D eigenvalue weighted by Crippen LogP contribution is 2.34. The van der Waals surface area contributed by atoms with Gasteiger partial charge < -0.3 is 4.90 Å². The van der Waals surface area contributed by atoms with Crippen LogP contribution in [0.25, 0.3) is 0 Å². The van der Waals surface area contributed by atoms with Crippen LogP contribution in [0.3, 0.4) is 0 Å². The highest BCUT2D eigenvalue weighted by atomic mass is 35.5. The van der Waals surface area contributed by atoms with Gasteiger partial charge in [0.25, 0.3) is 0 Å². The maximum atomic E-state index is 13.2. The summed E-state index contributed by atoms with van der Waals surface area (Å²) in [5.41, 5.74) is 2.36. The zero-order valence-corrected chi connectivity index (χ0v) is 18.2. The Morgan fingerprint density at radius 2 is 1.69 bits per heavy atom. The zero-order chi connectivity index (χ0) is 20.6. The average Bonchev–Trinajstić information content (AvgIpc) is 2.74. The van der Waals surface area contributed by atoms with Gasteiger partial charge in [0.1, 0.15) is 4.90 Å². The third kappa shape index (κ3) is 3.91. The van der Waals surface area contributed by atoms with Gasteiger partial charge in [0, 0.05) is 26.2 Å². The molecule has 2 aromatic rings. The van der Waals surface area contributed by atoms with Crippen molar-refractivity contribution in [3.63, 3.8) is 0 Å². The van der Waals surface area contributed by atoms with Gasteiger partial charge in [0.05, 0.1) is 16.0 Å². The van der Waals surface area contributed by atoms with E-state index in [0.29, 0.717) is 13.1 Å². The Morgan fingerprint density at radius 3 is 2.45 bits per heavy atom. The fourth-order valence-corrected chi connectivity index (χ4v) is 6.36. The number of aryl methyl sites for hydroxylation is 1. The summed E-state index contributed by atoms with van der Waals surface area (Å²) < 4.78 is 27.3. The number of carbonyl (C=O) groups excluding carboxylic acids is 1. The van der Waals surface area contributed by atoms with Gasteiger partial charge in [-0.1, -0.05) is 53.5 Å². The van der Waals surface area contributed by atoms with Gasteiger partial charge in [-0.25, -0.2) is 8.42 Å². The summed E-state index contributed by atoms with van der Waals surface area (Å²) in [4.78, 5) is 15.0. The smallest absolute Gasteiger partial charge is 0.244 e. The number of rotatable bonds is 3. The summed E-state index contributed by atoms with van der Waals surface area (Å²) in [6.45, 7) is 1.22. The Morgan fingerprint density at radius 1 is 0.966 bits per heavy atom. The number of benzene rings is 2. The normalized spacial score (nSPS) is 20.3. The molecular formula is C21H22Cl2N2O3S. The second kappa shape index (κ2) is 8.26. The predicted octanol–water partition coefficient (Wildman–Crippen LogP) is 3.95. The first-order valence-electron chi connectivity index (χ1n) is 9.70. The van der Waals surface area contributed by atoms with Crippen LogP contribution in [0.15, 0.2) is 47.4 Å². The van der Waals surface area contributed by atoms with Crippen molar-refractivity contribution in [2.24, 2.45) is 0 Å². The van der Waals surface area contributed by atoms with E-state index in [1.807, 2.05) is 18.2 Å². The summed E-state index contributed by atoms with van der Waals surface area (Å²) in [6.07, 6.45) is 2.84. The molecule has 0 bridgehead atoms. The van der Waals surface area contributed by atoms with Crippen molar-refractivity contribution in [1.82, 2.24) is 9.21 Å². The molecule has 0 N–H and O–H groups in total. The van der Waals surface area contributed by atoms with Crippen molar-refractivity contribution in [2.75, 3.05) is 26.2 Å². The molecule has 1 aliphatic heterocycles. The first-order valence-corrected chi connectivity index (χ1v) is 11.9. The summed E-state index contributed by atoms with van der Waals surface area (Å²) in [6, 6.07) is 12.7. The van der Waals surface area contributed by atoms with Gasteiger partial charge >= 0.3 is 0 Å². The SMILES string of the molecule is O=C(C1CCCc2ccccc21)N1CCN(S(=O)(=O)c2cccc(Cl)c2Cl)CC1. The van der Waals surface area contributed by atoms with Gasteiger partial charge in [-0.2, -0.15) is 4.31 Å². The van der Waals surface area contributed by atoms with Crippen molar-refractivity contribution in [2.45, 2.75) is 30.1 Å². The van der Waals surface area contributed by atoms with E-state index in [-0.39, 0.29) is 39.9 Å².